The Labute approximate surface area is 276 Å². The van der Waals surface area contributed by atoms with Crippen molar-refractivity contribution in [1.82, 2.24) is 25.9 Å². The summed E-state index contributed by atoms with van der Waals surface area (Å²) in [6.07, 6.45) is 8.39. The van der Waals surface area contributed by atoms with Gasteiger partial charge in [-0.25, -0.2) is 0 Å². The van der Waals surface area contributed by atoms with Gasteiger partial charge in [0.05, 0.1) is 5.69 Å². The first kappa shape index (κ1) is 32.6. The van der Waals surface area contributed by atoms with Crippen LogP contribution in [0.15, 0.2) is 18.3 Å². The van der Waals surface area contributed by atoms with Gasteiger partial charge in [0.1, 0.15) is 0 Å². The van der Waals surface area contributed by atoms with E-state index >= 15 is 0 Å². The standard InChI is InChI=1S/C39H54ClN5/c1-24-29(27-11-15-43-22-32(27)36(45-24)37(2,3)4)19-39(7,8)34-23-44-35(28-12-16-42-21-31(28)34)9-13-38(5,6)33-18-26(40)17-25-10-14-41-20-30(25)33/h17-18,23,41-43H,9-16,19-22H2,1-8H3. The Kier molecular flexibility index (Phi) is 8.97. The molecule has 5 heterocycles. The summed E-state index contributed by atoms with van der Waals surface area (Å²) in [5, 5.41) is 11.8. The predicted octanol–water partition coefficient (Wildman–Crippen LogP) is 7.10. The second-order valence-corrected chi connectivity index (χ2v) is 16.6. The van der Waals surface area contributed by atoms with Crippen LogP contribution in [0.5, 0.6) is 0 Å². The number of aromatic nitrogens is 2. The molecule has 45 heavy (non-hydrogen) atoms. The minimum absolute atomic E-state index is 0.00508. The fourth-order valence-electron chi connectivity index (χ4n) is 8.25. The molecule has 1 aromatic carbocycles. The number of pyridine rings is 2. The van der Waals surface area contributed by atoms with Crippen LogP contribution in [0.2, 0.25) is 5.02 Å². The summed E-state index contributed by atoms with van der Waals surface area (Å²) >= 11 is 6.65. The molecular weight excluding hydrogens is 574 g/mol. The van der Waals surface area contributed by atoms with Crippen molar-refractivity contribution in [2.75, 3.05) is 19.6 Å². The fourth-order valence-corrected chi connectivity index (χ4v) is 8.49. The second-order valence-electron chi connectivity index (χ2n) is 16.1. The Balaban J connectivity index is 1.30. The Morgan fingerprint density at radius 1 is 0.733 bits per heavy atom. The van der Waals surface area contributed by atoms with Crippen molar-refractivity contribution in [3.05, 3.63) is 90.5 Å². The third kappa shape index (κ3) is 6.48. The van der Waals surface area contributed by atoms with Crippen LogP contribution in [-0.2, 0) is 68.0 Å². The number of rotatable bonds is 7. The van der Waals surface area contributed by atoms with E-state index in [1.165, 1.54) is 67.2 Å². The van der Waals surface area contributed by atoms with E-state index in [-0.39, 0.29) is 16.2 Å². The predicted molar refractivity (Wildman–Crippen MR) is 188 cm³/mol. The molecule has 0 saturated carbocycles. The lowest BCUT2D eigenvalue weighted by atomic mass is 9.73. The first-order chi connectivity index (χ1) is 21.3. The number of hydrogen-bond acceptors (Lipinski definition) is 5. The van der Waals surface area contributed by atoms with Crippen molar-refractivity contribution in [3.8, 4) is 0 Å². The van der Waals surface area contributed by atoms with Crippen molar-refractivity contribution in [2.24, 2.45) is 0 Å². The smallest absolute Gasteiger partial charge is 0.0508 e. The molecule has 0 fully saturated rings. The van der Waals surface area contributed by atoms with Crippen LogP contribution >= 0.6 is 11.6 Å². The molecule has 3 aromatic rings. The molecule has 5 nitrogen and oxygen atoms in total. The number of fused-ring (bicyclic) bond motifs is 3. The van der Waals surface area contributed by atoms with Crippen molar-refractivity contribution in [1.29, 1.82) is 0 Å². The number of benzene rings is 1. The molecule has 0 saturated heterocycles. The van der Waals surface area contributed by atoms with Crippen LogP contribution in [0.3, 0.4) is 0 Å². The van der Waals surface area contributed by atoms with E-state index in [1.807, 2.05) is 0 Å². The van der Waals surface area contributed by atoms with Gasteiger partial charge in [-0.3, -0.25) is 9.97 Å². The van der Waals surface area contributed by atoms with Crippen LogP contribution in [0.4, 0.5) is 0 Å². The van der Waals surface area contributed by atoms with Gasteiger partial charge in [0.25, 0.3) is 0 Å². The molecule has 0 amide bonds. The molecule has 6 heteroatoms. The van der Waals surface area contributed by atoms with E-state index in [4.69, 9.17) is 21.6 Å². The van der Waals surface area contributed by atoms with Gasteiger partial charge in [0.15, 0.2) is 0 Å². The van der Waals surface area contributed by atoms with Crippen molar-refractivity contribution < 1.29 is 0 Å². The molecule has 3 aliphatic rings. The first-order valence-electron chi connectivity index (χ1n) is 17.2. The fraction of sp³-hybridized carbons (Fsp3) is 0.590. The number of nitrogens with zero attached hydrogens (tertiary/aromatic N) is 2. The maximum Gasteiger partial charge on any atom is 0.0508 e. The summed E-state index contributed by atoms with van der Waals surface area (Å²) in [5.74, 6) is 0. The molecule has 242 valence electrons. The molecular formula is C39H54ClN5. The lowest BCUT2D eigenvalue weighted by Crippen LogP contribution is -2.34. The normalized spacial score (nSPS) is 17.1. The number of halogens is 1. The van der Waals surface area contributed by atoms with Crippen molar-refractivity contribution in [2.45, 2.75) is 130 Å². The molecule has 3 aliphatic heterocycles. The van der Waals surface area contributed by atoms with Gasteiger partial charge < -0.3 is 16.0 Å². The summed E-state index contributed by atoms with van der Waals surface area (Å²) in [7, 11) is 0. The maximum absolute atomic E-state index is 6.65. The van der Waals surface area contributed by atoms with Gasteiger partial charge in [-0.1, -0.05) is 60.1 Å². The van der Waals surface area contributed by atoms with Crippen molar-refractivity contribution in [3.63, 3.8) is 0 Å². The van der Waals surface area contributed by atoms with Gasteiger partial charge in [0.2, 0.25) is 0 Å². The van der Waals surface area contributed by atoms with E-state index < -0.39 is 0 Å². The summed E-state index contributed by atoms with van der Waals surface area (Å²) < 4.78 is 0. The highest BCUT2D eigenvalue weighted by atomic mass is 35.5. The molecule has 0 radical (unpaired) electrons. The molecule has 2 aromatic heterocycles. The van der Waals surface area contributed by atoms with Gasteiger partial charge in [-0.05, 0) is 138 Å². The van der Waals surface area contributed by atoms with E-state index in [2.05, 4.69) is 89.7 Å². The largest absolute Gasteiger partial charge is 0.312 e. The molecule has 0 spiro atoms. The molecule has 0 unspecified atom stereocenters. The third-order valence-corrected chi connectivity index (χ3v) is 11.0. The molecule has 3 N–H and O–H groups in total. The molecule has 0 atom stereocenters. The second kappa shape index (κ2) is 12.4. The molecule has 6 rings (SSSR count). The minimum atomic E-state index is -0.0604. The Morgan fingerprint density at radius 3 is 2.09 bits per heavy atom. The number of nitrogens with one attached hydrogen (secondary N) is 3. The minimum Gasteiger partial charge on any atom is -0.312 e. The number of hydrogen-bond donors (Lipinski definition) is 3. The van der Waals surface area contributed by atoms with E-state index in [0.717, 1.165) is 82.8 Å². The lowest BCUT2D eigenvalue weighted by molar-refractivity contribution is 0.461. The van der Waals surface area contributed by atoms with Crippen LogP contribution in [0, 0.1) is 6.92 Å². The van der Waals surface area contributed by atoms with Crippen LogP contribution in [0.25, 0.3) is 0 Å². The highest BCUT2D eigenvalue weighted by Crippen LogP contribution is 2.40. The van der Waals surface area contributed by atoms with E-state index in [0.29, 0.717) is 0 Å². The summed E-state index contributed by atoms with van der Waals surface area (Å²) in [5.41, 5.74) is 16.7. The van der Waals surface area contributed by atoms with E-state index in [9.17, 15) is 0 Å². The third-order valence-electron chi connectivity index (χ3n) is 10.8. The summed E-state index contributed by atoms with van der Waals surface area (Å²) in [6.45, 7) is 24.6. The maximum atomic E-state index is 6.65. The first-order valence-corrected chi connectivity index (χ1v) is 17.6. The topological polar surface area (TPSA) is 61.9 Å². The Hall–Kier alpha value is -2.31. The molecule has 0 aliphatic carbocycles. The van der Waals surface area contributed by atoms with Crippen LogP contribution < -0.4 is 16.0 Å². The number of aryl methyl sites for hydroxylation is 2. The zero-order valence-corrected chi connectivity index (χ0v) is 29.7. The quantitative estimate of drug-likeness (QED) is 0.261. The van der Waals surface area contributed by atoms with Gasteiger partial charge in [0, 0.05) is 47.7 Å². The summed E-state index contributed by atoms with van der Waals surface area (Å²) in [6, 6.07) is 4.39. The zero-order valence-electron chi connectivity index (χ0n) is 29.0. The monoisotopic (exact) mass is 627 g/mol. The van der Waals surface area contributed by atoms with Crippen LogP contribution in [0.1, 0.15) is 122 Å². The van der Waals surface area contributed by atoms with Gasteiger partial charge >= 0.3 is 0 Å². The van der Waals surface area contributed by atoms with Gasteiger partial charge in [-0.15, -0.1) is 0 Å². The SMILES string of the molecule is Cc1nc(C(C)(C)C)c2c(c1CC(C)(C)c1cnc(CCC(C)(C)c3cc(Cl)cc4c3CNCC4)c3c1CNCC3)CCNC2. The highest BCUT2D eigenvalue weighted by molar-refractivity contribution is 6.30. The highest BCUT2D eigenvalue weighted by Gasteiger charge is 2.34. The van der Waals surface area contributed by atoms with E-state index in [1.54, 1.807) is 0 Å². The van der Waals surface area contributed by atoms with Crippen LogP contribution in [-0.4, -0.2) is 29.6 Å². The average molecular weight is 628 g/mol. The molecule has 0 bridgehead atoms. The summed E-state index contributed by atoms with van der Waals surface area (Å²) in [4.78, 5) is 10.5. The Bertz CT molecular complexity index is 1600. The Morgan fingerprint density at radius 2 is 1.38 bits per heavy atom. The van der Waals surface area contributed by atoms with Crippen molar-refractivity contribution >= 4 is 11.6 Å². The zero-order chi connectivity index (χ0) is 32.1. The average Bonchev–Trinajstić information content (AvgIpc) is 3.00. The van der Waals surface area contributed by atoms with Gasteiger partial charge in [-0.2, -0.15) is 0 Å². The lowest BCUT2D eigenvalue weighted by Gasteiger charge is -2.35.